The number of rotatable bonds is 19. The van der Waals surface area contributed by atoms with Crippen molar-refractivity contribution in [3.63, 3.8) is 0 Å². The van der Waals surface area contributed by atoms with E-state index >= 15 is 0 Å². The van der Waals surface area contributed by atoms with Gasteiger partial charge in [-0.2, -0.15) is 31.6 Å². The van der Waals surface area contributed by atoms with Gasteiger partial charge < -0.3 is 16.4 Å². The van der Waals surface area contributed by atoms with Crippen molar-refractivity contribution in [3.05, 3.63) is 169 Å². The molecule has 6 rings (SSSR count). The van der Waals surface area contributed by atoms with Gasteiger partial charge in [-0.15, -0.1) is 0 Å². The maximum Gasteiger partial charge on any atom is 0.416 e. The van der Waals surface area contributed by atoms with Gasteiger partial charge in [0.2, 0.25) is 0 Å². The summed E-state index contributed by atoms with van der Waals surface area (Å²) in [6.07, 6.45) is -3.61. The van der Waals surface area contributed by atoms with Crippen molar-refractivity contribution in [1.29, 1.82) is 5.26 Å². The van der Waals surface area contributed by atoms with Crippen LogP contribution in [0.2, 0.25) is 0 Å². The average molecular weight is 1020 g/mol. The number of alkyl halides is 6. The molecule has 2 unspecified atom stereocenters. The first-order chi connectivity index (χ1) is 33.7. The van der Waals surface area contributed by atoms with Gasteiger partial charge in [0.15, 0.2) is 0 Å². The van der Waals surface area contributed by atoms with E-state index in [4.69, 9.17) is 5.73 Å². The summed E-state index contributed by atoms with van der Waals surface area (Å²) in [6.45, 7) is 3.22. The summed E-state index contributed by atoms with van der Waals surface area (Å²) in [6, 6.07) is 24.3. The molecule has 0 aliphatic heterocycles. The molecular formula is C51H48F6N6O6S2. The molecule has 0 bridgehead atoms. The quantitative estimate of drug-likeness (QED) is 0.0407. The topological polar surface area (TPSA) is 186 Å². The Morgan fingerprint density at radius 1 is 0.577 bits per heavy atom. The molecule has 0 saturated carbocycles. The van der Waals surface area contributed by atoms with Gasteiger partial charge in [-0.1, -0.05) is 50.7 Å². The van der Waals surface area contributed by atoms with Crippen LogP contribution in [0.25, 0.3) is 11.4 Å². The highest BCUT2D eigenvalue weighted by Gasteiger charge is 2.33. The van der Waals surface area contributed by atoms with Crippen LogP contribution >= 0.6 is 0 Å². The number of nitrogen functional groups attached to an aromatic ring is 1. The Kier molecular flexibility index (Phi) is 17.4. The van der Waals surface area contributed by atoms with Gasteiger partial charge >= 0.3 is 12.4 Å². The van der Waals surface area contributed by atoms with Crippen LogP contribution in [0.15, 0.2) is 138 Å². The molecule has 2 aromatic heterocycles. The number of nitriles is 1. The molecule has 2 atom stereocenters. The summed E-state index contributed by atoms with van der Waals surface area (Å²) in [5.41, 5.74) is 1.70. The van der Waals surface area contributed by atoms with Crippen molar-refractivity contribution < 1.29 is 44.3 Å². The van der Waals surface area contributed by atoms with Gasteiger partial charge in [0, 0.05) is 51.3 Å². The first-order valence-corrected chi connectivity index (χ1v) is 24.7. The second-order valence-corrected chi connectivity index (χ2v) is 19.4. The number of hydrogen-bond donors (Lipinski definition) is 3. The maximum atomic E-state index is 13.8. The lowest BCUT2D eigenvalue weighted by atomic mass is 10.1. The predicted octanol–water partition coefficient (Wildman–Crippen LogP) is 9.71. The Bertz CT molecular complexity index is 3150. The van der Waals surface area contributed by atoms with Crippen LogP contribution in [0, 0.1) is 25.2 Å². The lowest BCUT2D eigenvalue weighted by Crippen LogP contribution is -2.34. The van der Waals surface area contributed by atoms with E-state index in [1.807, 2.05) is 6.07 Å². The molecule has 0 aliphatic carbocycles. The van der Waals surface area contributed by atoms with Crippen LogP contribution in [-0.2, 0) is 34.0 Å². The van der Waals surface area contributed by atoms with E-state index in [1.54, 1.807) is 0 Å². The molecule has 12 nitrogen and oxygen atoms in total. The number of nitrogens with one attached hydrogen (secondary N) is 2. The van der Waals surface area contributed by atoms with Gasteiger partial charge in [-0.3, -0.25) is 28.3 Å². The average Bonchev–Trinajstić information content (AvgIpc) is 3.34. The van der Waals surface area contributed by atoms with Crippen LogP contribution in [0.4, 0.5) is 32.0 Å². The first-order valence-electron chi connectivity index (χ1n) is 22.4. The fourth-order valence-electron chi connectivity index (χ4n) is 7.73. The number of unbranched alkanes of at least 4 members (excludes halogenated alkanes) is 7. The van der Waals surface area contributed by atoms with Crippen LogP contribution in [0.1, 0.15) is 100 Å². The fourth-order valence-corrected chi connectivity index (χ4v) is 10.2. The number of aromatic nitrogens is 2. The molecule has 0 saturated heterocycles. The van der Waals surface area contributed by atoms with Crippen molar-refractivity contribution in [1.82, 2.24) is 19.8 Å². The van der Waals surface area contributed by atoms with Crippen LogP contribution in [-0.4, -0.2) is 42.5 Å². The van der Waals surface area contributed by atoms with E-state index < -0.39 is 79.1 Å². The summed E-state index contributed by atoms with van der Waals surface area (Å²) < 4.78 is 112. The van der Waals surface area contributed by atoms with Crippen LogP contribution in [0.5, 0.6) is 0 Å². The summed E-state index contributed by atoms with van der Waals surface area (Å²) in [5.74, 6) is -1.57. The molecule has 4 N–H and O–H groups in total. The number of nitrogens with zero attached hydrogens (tertiary/aromatic N) is 3. The minimum atomic E-state index is -4.72. The highest BCUT2D eigenvalue weighted by atomic mass is 32.2. The SMILES string of the molecule is Cc1c(S(=O)c2ccc(N)cc2)cc(C(=O)NCCCCCCCCCCNC(=O)c2cc(S(=O)c3ccc(C#N)cc3)c(C)n(-c3cccc(C(F)(F)F)c3)c2=O)c(=O)n1-c1cccc(C(F)(F)F)c1. The number of carbonyl (C=O) groups excluding carboxylic acids is 2. The van der Waals surface area contributed by atoms with E-state index in [9.17, 15) is 59.2 Å². The van der Waals surface area contributed by atoms with Gasteiger partial charge in [-0.25, -0.2) is 8.42 Å². The molecule has 0 spiro atoms. The third kappa shape index (κ3) is 13.0. The second-order valence-electron chi connectivity index (χ2n) is 16.5. The van der Waals surface area contributed by atoms with Crippen molar-refractivity contribution in [2.24, 2.45) is 0 Å². The molecule has 2 heterocycles. The van der Waals surface area contributed by atoms with Gasteiger partial charge in [-0.05, 0) is 124 Å². The molecule has 4 aromatic carbocycles. The van der Waals surface area contributed by atoms with E-state index in [0.29, 0.717) is 35.4 Å². The Morgan fingerprint density at radius 3 is 1.31 bits per heavy atom. The van der Waals surface area contributed by atoms with E-state index in [2.05, 4.69) is 10.6 Å². The van der Waals surface area contributed by atoms with Crippen molar-refractivity contribution in [3.8, 4) is 17.4 Å². The standard InChI is InChI=1S/C51H48F6N6O6S2/c1-32-44(70(68)40-21-17-34(31-58)18-22-40)29-42(48(66)62(32)38-15-11-13-35(27-38)50(52,53)54)46(64)60-25-9-7-5-3-4-6-8-10-26-61-47(65)43-30-45(71(69)41-23-19-37(59)20-24-41)33(2)63(49(43)67)39-16-12-14-36(28-39)51(55,56)57/h11-24,27-30H,3-10,25-26,59H2,1-2H3,(H,60,64)(H,61,65). The number of hydrogen-bond acceptors (Lipinski definition) is 8. The second kappa shape index (κ2) is 23.2. The minimum Gasteiger partial charge on any atom is -0.399 e. The number of carbonyl (C=O) groups is 2. The zero-order chi connectivity index (χ0) is 51.6. The van der Waals surface area contributed by atoms with Crippen molar-refractivity contribution in [2.75, 3.05) is 18.8 Å². The third-order valence-corrected chi connectivity index (χ3v) is 14.5. The number of pyridine rings is 2. The largest absolute Gasteiger partial charge is 0.416 e. The number of halogens is 6. The van der Waals surface area contributed by atoms with Crippen LogP contribution in [0.3, 0.4) is 0 Å². The summed E-state index contributed by atoms with van der Waals surface area (Å²) in [7, 11) is -3.94. The fraction of sp³-hybridized carbons (Fsp3) is 0.275. The molecule has 2 amide bonds. The summed E-state index contributed by atoms with van der Waals surface area (Å²) in [4.78, 5) is 55.2. The Hall–Kier alpha value is -7.11. The number of amides is 2. The Labute approximate surface area is 409 Å². The van der Waals surface area contributed by atoms with Gasteiger partial charge in [0.1, 0.15) is 11.1 Å². The monoisotopic (exact) mass is 1020 g/mol. The minimum absolute atomic E-state index is 0.0195. The zero-order valence-corrected chi connectivity index (χ0v) is 40.0. The molecule has 20 heteroatoms. The highest BCUT2D eigenvalue weighted by molar-refractivity contribution is 7.85. The van der Waals surface area contributed by atoms with Gasteiger partial charge in [0.05, 0.1) is 54.1 Å². The number of anilines is 1. The van der Waals surface area contributed by atoms with Crippen LogP contribution < -0.4 is 27.5 Å². The van der Waals surface area contributed by atoms with E-state index in [1.165, 1.54) is 86.6 Å². The Balaban J connectivity index is 1.01. The summed E-state index contributed by atoms with van der Waals surface area (Å²) in [5, 5.41) is 14.6. The normalized spacial score (nSPS) is 12.5. The summed E-state index contributed by atoms with van der Waals surface area (Å²) >= 11 is 0. The van der Waals surface area contributed by atoms with Crippen molar-refractivity contribution >= 4 is 39.1 Å². The lowest BCUT2D eigenvalue weighted by molar-refractivity contribution is -0.138. The third-order valence-electron chi connectivity index (χ3n) is 11.5. The predicted molar refractivity (Wildman–Crippen MR) is 257 cm³/mol. The molecule has 0 aliphatic rings. The van der Waals surface area contributed by atoms with E-state index in [-0.39, 0.29) is 50.5 Å². The molecular weight excluding hydrogens is 971 g/mol. The molecule has 0 radical (unpaired) electrons. The molecule has 71 heavy (non-hydrogen) atoms. The van der Waals surface area contributed by atoms with E-state index in [0.717, 1.165) is 77.6 Å². The molecule has 6 aromatic rings. The van der Waals surface area contributed by atoms with Gasteiger partial charge in [0.25, 0.3) is 22.9 Å². The Morgan fingerprint density at radius 2 is 0.944 bits per heavy atom. The molecule has 372 valence electrons. The smallest absolute Gasteiger partial charge is 0.399 e. The number of nitrogens with two attached hydrogens (primary N) is 1. The highest BCUT2D eigenvalue weighted by Crippen LogP contribution is 2.33. The maximum absolute atomic E-state index is 13.8. The first kappa shape index (κ1) is 53.2. The number of benzene rings is 4. The van der Waals surface area contributed by atoms with Crippen molar-refractivity contribution in [2.45, 2.75) is 97.1 Å². The zero-order valence-electron chi connectivity index (χ0n) is 38.4. The lowest BCUT2D eigenvalue weighted by Gasteiger charge is -2.18. The molecule has 0 fully saturated rings.